The van der Waals surface area contributed by atoms with E-state index < -0.39 is 11.6 Å². The number of benzene rings is 1. The quantitative estimate of drug-likeness (QED) is 0.789. The number of nitrogens with one attached hydrogen (secondary N) is 1. The van der Waals surface area contributed by atoms with Crippen LogP contribution in [0.2, 0.25) is 0 Å². The Morgan fingerprint density at radius 1 is 1.24 bits per heavy atom. The molecule has 1 fully saturated rings. The fraction of sp³-hybridized carbons (Fsp3) is 0.429. The van der Waals surface area contributed by atoms with Crippen LogP contribution in [0.15, 0.2) is 23.8 Å². The summed E-state index contributed by atoms with van der Waals surface area (Å²) in [7, 11) is 0. The molecule has 1 aromatic carbocycles. The molecular formula is C14H17F2N. The van der Waals surface area contributed by atoms with Gasteiger partial charge in [-0.1, -0.05) is 31.6 Å². The van der Waals surface area contributed by atoms with E-state index in [1.165, 1.54) is 17.7 Å². The van der Waals surface area contributed by atoms with Crippen LogP contribution in [0.1, 0.15) is 25.8 Å². The summed E-state index contributed by atoms with van der Waals surface area (Å²) < 4.78 is 25.9. The standard InChI is InChI=1S/C14H17F2N/c1-14(2)9-17-6-5-11(14)7-10-3-4-12(15)13(16)8-10/h3-4,7-8,17H,5-6,9H2,1-2H3/b11-7+. The van der Waals surface area contributed by atoms with Gasteiger partial charge in [-0.15, -0.1) is 0 Å². The summed E-state index contributed by atoms with van der Waals surface area (Å²) in [5.41, 5.74) is 2.08. The van der Waals surface area contributed by atoms with Crippen LogP contribution in [0.25, 0.3) is 6.08 Å². The normalized spacial score (nSPS) is 21.8. The van der Waals surface area contributed by atoms with Gasteiger partial charge >= 0.3 is 0 Å². The molecule has 3 heteroatoms. The van der Waals surface area contributed by atoms with Gasteiger partial charge in [0.2, 0.25) is 0 Å². The number of hydrogen-bond donors (Lipinski definition) is 1. The number of halogens is 2. The molecule has 1 saturated heterocycles. The first kappa shape index (κ1) is 12.2. The van der Waals surface area contributed by atoms with E-state index in [0.717, 1.165) is 25.1 Å². The van der Waals surface area contributed by atoms with Crippen LogP contribution in [0, 0.1) is 17.0 Å². The van der Waals surface area contributed by atoms with Crippen molar-refractivity contribution in [1.29, 1.82) is 0 Å². The first-order valence-electron chi connectivity index (χ1n) is 5.86. The highest BCUT2D eigenvalue weighted by atomic mass is 19.2. The van der Waals surface area contributed by atoms with Gasteiger partial charge in [0.05, 0.1) is 0 Å². The Morgan fingerprint density at radius 2 is 2.00 bits per heavy atom. The second kappa shape index (κ2) is 4.57. The SMILES string of the molecule is CC1(C)CNCC/C1=C\c1ccc(F)c(F)c1. The van der Waals surface area contributed by atoms with Gasteiger partial charge in [0.1, 0.15) is 0 Å². The lowest BCUT2D eigenvalue weighted by Gasteiger charge is -2.33. The summed E-state index contributed by atoms with van der Waals surface area (Å²) in [5, 5.41) is 3.34. The summed E-state index contributed by atoms with van der Waals surface area (Å²) in [5.74, 6) is -1.58. The van der Waals surface area contributed by atoms with E-state index in [2.05, 4.69) is 19.2 Å². The molecule has 1 N–H and O–H groups in total. The molecule has 0 saturated carbocycles. The molecule has 0 aromatic heterocycles. The van der Waals surface area contributed by atoms with Crippen LogP contribution in [-0.2, 0) is 0 Å². The van der Waals surface area contributed by atoms with Crippen LogP contribution >= 0.6 is 0 Å². The molecule has 1 heterocycles. The van der Waals surface area contributed by atoms with Gasteiger partial charge in [0.15, 0.2) is 11.6 Å². The minimum atomic E-state index is -0.795. The predicted octanol–water partition coefficient (Wildman–Crippen LogP) is 3.37. The van der Waals surface area contributed by atoms with Crippen molar-refractivity contribution >= 4 is 6.08 Å². The highest BCUT2D eigenvalue weighted by molar-refractivity contribution is 5.54. The van der Waals surface area contributed by atoms with E-state index in [1.807, 2.05) is 6.08 Å². The second-order valence-corrected chi connectivity index (χ2v) is 5.15. The molecule has 0 amide bonds. The summed E-state index contributed by atoms with van der Waals surface area (Å²) in [6, 6.07) is 4.04. The van der Waals surface area contributed by atoms with Gasteiger partial charge < -0.3 is 5.32 Å². The minimum absolute atomic E-state index is 0.0725. The van der Waals surface area contributed by atoms with E-state index >= 15 is 0 Å². The van der Waals surface area contributed by atoms with E-state index in [-0.39, 0.29) is 5.41 Å². The molecule has 1 aliphatic heterocycles. The average Bonchev–Trinajstić information content (AvgIpc) is 2.26. The maximum atomic E-state index is 13.1. The zero-order chi connectivity index (χ0) is 12.5. The van der Waals surface area contributed by atoms with Crippen LogP contribution in [0.3, 0.4) is 0 Å². The largest absolute Gasteiger partial charge is 0.316 e. The molecule has 17 heavy (non-hydrogen) atoms. The van der Waals surface area contributed by atoms with Gasteiger partial charge in [-0.05, 0) is 36.1 Å². The third kappa shape index (κ3) is 2.72. The van der Waals surface area contributed by atoms with Crippen molar-refractivity contribution in [3.8, 4) is 0 Å². The number of piperidine rings is 1. The molecule has 0 aliphatic carbocycles. The topological polar surface area (TPSA) is 12.0 Å². The monoisotopic (exact) mass is 237 g/mol. The molecular weight excluding hydrogens is 220 g/mol. The minimum Gasteiger partial charge on any atom is -0.316 e. The zero-order valence-corrected chi connectivity index (χ0v) is 10.2. The molecule has 1 aromatic rings. The highest BCUT2D eigenvalue weighted by Gasteiger charge is 2.25. The van der Waals surface area contributed by atoms with Gasteiger partial charge in [0.25, 0.3) is 0 Å². The van der Waals surface area contributed by atoms with Crippen LogP contribution < -0.4 is 5.32 Å². The Bertz CT molecular complexity index is 450. The van der Waals surface area contributed by atoms with Gasteiger partial charge in [-0.2, -0.15) is 0 Å². The number of rotatable bonds is 1. The van der Waals surface area contributed by atoms with Crippen molar-refractivity contribution in [2.75, 3.05) is 13.1 Å². The molecule has 1 nitrogen and oxygen atoms in total. The average molecular weight is 237 g/mol. The van der Waals surface area contributed by atoms with E-state index in [1.54, 1.807) is 6.07 Å². The Morgan fingerprint density at radius 3 is 2.65 bits per heavy atom. The van der Waals surface area contributed by atoms with E-state index in [9.17, 15) is 8.78 Å². The number of hydrogen-bond acceptors (Lipinski definition) is 1. The molecule has 1 aliphatic rings. The molecule has 2 rings (SSSR count). The third-order valence-corrected chi connectivity index (χ3v) is 3.29. The Balaban J connectivity index is 2.31. The van der Waals surface area contributed by atoms with E-state index in [4.69, 9.17) is 0 Å². The molecule has 92 valence electrons. The molecule has 0 spiro atoms. The van der Waals surface area contributed by atoms with Gasteiger partial charge in [-0.25, -0.2) is 8.78 Å². The van der Waals surface area contributed by atoms with E-state index in [0.29, 0.717) is 0 Å². The van der Waals surface area contributed by atoms with Crippen LogP contribution in [-0.4, -0.2) is 13.1 Å². The summed E-state index contributed by atoms with van der Waals surface area (Å²) in [4.78, 5) is 0. The smallest absolute Gasteiger partial charge is 0.159 e. The van der Waals surface area contributed by atoms with Crippen LogP contribution in [0.4, 0.5) is 8.78 Å². The Hall–Kier alpha value is -1.22. The molecule has 0 radical (unpaired) electrons. The maximum absolute atomic E-state index is 13.1. The van der Waals surface area contributed by atoms with Crippen molar-refractivity contribution < 1.29 is 8.78 Å². The fourth-order valence-electron chi connectivity index (χ4n) is 2.15. The van der Waals surface area contributed by atoms with Crippen LogP contribution in [0.5, 0.6) is 0 Å². The third-order valence-electron chi connectivity index (χ3n) is 3.29. The Labute approximate surface area is 101 Å². The van der Waals surface area contributed by atoms with Gasteiger partial charge in [-0.3, -0.25) is 0 Å². The first-order valence-corrected chi connectivity index (χ1v) is 5.86. The van der Waals surface area contributed by atoms with Crippen molar-refractivity contribution in [3.05, 3.63) is 41.0 Å². The Kier molecular flexibility index (Phi) is 3.29. The highest BCUT2D eigenvalue weighted by Crippen LogP contribution is 2.32. The maximum Gasteiger partial charge on any atom is 0.159 e. The van der Waals surface area contributed by atoms with Gasteiger partial charge in [0, 0.05) is 6.54 Å². The predicted molar refractivity (Wildman–Crippen MR) is 65.6 cm³/mol. The van der Waals surface area contributed by atoms with Crippen molar-refractivity contribution in [1.82, 2.24) is 5.32 Å². The lowest BCUT2D eigenvalue weighted by molar-refractivity contribution is 0.360. The van der Waals surface area contributed by atoms with Crippen molar-refractivity contribution in [2.45, 2.75) is 20.3 Å². The van der Waals surface area contributed by atoms with Crippen molar-refractivity contribution in [2.24, 2.45) is 5.41 Å². The first-order chi connectivity index (χ1) is 7.99. The molecule has 0 atom stereocenters. The molecule has 0 unspecified atom stereocenters. The molecule has 0 bridgehead atoms. The summed E-state index contributed by atoms with van der Waals surface area (Å²) >= 11 is 0. The zero-order valence-electron chi connectivity index (χ0n) is 10.2. The lowest BCUT2D eigenvalue weighted by Crippen LogP contribution is -2.37. The summed E-state index contributed by atoms with van der Waals surface area (Å²) in [6.07, 6.45) is 2.93. The fourth-order valence-corrected chi connectivity index (χ4v) is 2.15. The summed E-state index contributed by atoms with van der Waals surface area (Å²) in [6.45, 7) is 6.18. The lowest BCUT2D eigenvalue weighted by atomic mass is 9.79. The van der Waals surface area contributed by atoms with Crippen molar-refractivity contribution in [3.63, 3.8) is 0 Å². The second-order valence-electron chi connectivity index (χ2n) is 5.15.